The lowest BCUT2D eigenvalue weighted by Gasteiger charge is -2.13. The van der Waals surface area contributed by atoms with Gasteiger partial charge in [-0.1, -0.05) is 17.7 Å². The molecule has 1 aliphatic carbocycles. The molecule has 0 radical (unpaired) electrons. The molecule has 1 heterocycles. The fourth-order valence-electron chi connectivity index (χ4n) is 3.71. The van der Waals surface area contributed by atoms with Crippen molar-refractivity contribution in [3.8, 4) is 17.5 Å². The number of hydrogen-bond donors (Lipinski definition) is 1. The molecule has 8 heteroatoms. The maximum atomic E-state index is 11.4. The highest BCUT2D eigenvalue weighted by atomic mass is 79.9. The van der Waals surface area contributed by atoms with E-state index in [1.54, 1.807) is 0 Å². The summed E-state index contributed by atoms with van der Waals surface area (Å²) in [6.45, 7) is 0.508. The number of esters is 1. The third-order valence-electron chi connectivity index (χ3n) is 5.12. The van der Waals surface area contributed by atoms with Gasteiger partial charge < -0.3 is 14.5 Å². The van der Waals surface area contributed by atoms with Crippen molar-refractivity contribution in [3.05, 3.63) is 50.5 Å². The highest BCUT2D eigenvalue weighted by Crippen LogP contribution is 2.40. The smallest absolute Gasteiger partial charge is 0.306 e. The number of benzene rings is 2. The molecule has 4 rings (SSSR count). The Balaban J connectivity index is 1.72. The molecule has 0 aliphatic heterocycles. The molecule has 0 fully saturated rings. The van der Waals surface area contributed by atoms with Crippen LogP contribution in [0.1, 0.15) is 35.6 Å². The van der Waals surface area contributed by atoms with Crippen LogP contribution in [0.3, 0.4) is 0 Å². The van der Waals surface area contributed by atoms with Crippen molar-refractivity contribution in [3.63, 3.8) is 0 Å². The molecule has 148 valence electrons. The van der Waals surface area contributed by atoms with Gasteiger partial charge in [0, 0.05) is 17.1 Å². The lowest BCUT2D eigenvalue weighted by molar-refractivity contribution is -0.140. The van der Waals surface area contributed by atoms with Crippen molar-refractivity contribution in [1.29, 1.82) is 5.26 Å². The van der Waals surface area contributed by atoms with E-state index in [1.165, 1.54) is 7.11 Å². The monoisotopic (exact) mass is 473 g/mol. The summed E-state index contributed by atoms with van der Waals surface area (Å²) < 4.78 is 11.4. The number of nitrogens with zero attached hydrogens (tertiary/aromatic N) is 2. The molecule has 1 N–H and O–H groups in total. The molecular formula is C21H17BrClN3O3. The Labute approximate surface area is 180 Å². The highest BCUT2D eigenvalue weighted by molar-refractivity contribution is 9.10. The molecule has 0 spiro atoms. The second-order valence-corrected chi connectivity index (χ2v) is 8.00. The van der Waals surface area contributed by atoms with Crippen LogP contribution in [0.4, 0.5) is 0 Å². The summed E-state index contributed by atoms with van der Waals surface area (Å²) >= 11 is 9.80. The summed E-state index contributed by atoms with van der Waals surface area (Å²) in [5.41, 5.74) is 4.27. The van der Waals surface area contributed by atoms with Crippen molar-refractivity contribution >= 4 is 44.6 Å². The first-order valence-corrected chi connectivity index (χ1v) is 10.3. The Bertz CT molecular complexity index is 1150. The van der Waals surface area contributed by atoms with Gasteiger partial charge in [-0.3, -0.25) is 4.79 Å². The summed E-state index contributed by atoms with van der Waals surface area (Å²) in [7, 11) is 1.38. The van der Waals surface area contributed by atoms with E-state index in [9.17, 15) is 10.1 Å². The van der Waals surface area contributed by atoms with Crippen molar-refractivity contribution in [1.82, 2.24) is 10.3 Å². The summed E-state index contributed by atoms with van der Waals surface area (Å²) in [5.74, 6) is 0.123. The van der Waals surface area contributed by atoms with Crippen molar-refractivity contribution in [2.75, 3.05) is 13.7 Å². The molecule has 29 heavy (non-hydrogen) atoms. The first-order valence-electron chi connectivity index (χ1n) is 9.14. The normalized spacial score (nSPS) is 15.3. The summed E-state index contributed by atoms with van der Waals surface area (Å²) in [4.78, 5) is 16.0. The van der Waals surface area contributed by atoms with Gasteiger partial charge in [-0.25, -0.2) is 4.98 Å². The number of halogens is 2. The first-order chi connectivity index (χ1) is 14.0. The Kier molecular flexibility index (Phi) is 5.59. The van der Waals surface area contributed by atoms with Gasteiger partial charge in [-0.15, -0.1) is 0 Å². The Hall–Kier alpha value is -2.40. The third-order valence-corrected chi connectivity index (χ3v) is 6.42. The molecule has 0 unspecified atom stereocenters. The van der Waals surface area contributed by atoms with Crippen LogP contribution in [-0.4, -0.2) is 24.6 Å². The quantitative estimate of drug-likeness (QED) is 0.528. The van der Waals surface area contributed by atoms with Crippen LogP contribution in [-0.2, 0) is 16.0 Å². The van der Waals surface area contributed by atoms with E-state index in [-0.39, 0.29) is 12.0 Å². The number of ether oxygens (including phenoxy) is 1. The topological polar surface area (TPSA) is 88.2 Å². The zero-order valence-corrected chi connectivity index (χ0v) is 17.9. The molecule has 2 aromatic carbocycles. The van der Waals surface area contributed by atoms with Crippen LogP contribution in [0, 0.1) is 11.3 Å². The number of carbonyl (C=O) groups is 1. The SMILES string of the molecule is COC(=O)CCN[C@H]1CCc2c1cc1nc(-c3cccc(Br)c3Cl)oc1c2C#N. The third kappa shape index (κ3) is 3.64. The first kappa shape index (κ1) is 19.9. The minimum absolute atomic E-state index is 0.0563. The molecule has 0 bridgehead atoms. The number of methoxy groups -OCH3 is 1. The van der Waals surface area contributed by atoms with Gasteiger partial charge in [-0.05, 0) is 58.1 Å². The number of hydrogen-bond acceptors (Lipinski definition) is 6. The minimum atomic E-state index is -0.254. The average Bonchev–Trinajstić information content (AvgIpc) is 3.32. The Morgan fingerprint density at radius 1 is 1.52 bits per heavy atom. The number of carbonyl (C=O) groups excluding carboxylic acids is 1. The van der Waals surface area contributed by atoms with Crippen LogP contribution in [0.2, 0.25) is 5.02 Å². The van der Waals surface area contributed by atoms with E-state index in [0.29, 0.717) is 46.1 Å². The van der Waals surface area contributed by atoms with Crippen LogP contribution in [0.5, 0.6) is 0 Å². The van der Waals surface area contributed by atoms with Gasteiger partial charge in [0.15, 0.2) is 5.58 Å². The zero-order valence-electron chi connectivity index (χ0n) is 15.6. The molecule has 0 saturated heterocycles. The maximum absolute atomic E-state index is 11.4. The highest BCUT2D eigenvalue weighted by Gasteiger charge is 2.28. The number of fused-ring (bicyclic) bond motifs is 2. The molecule has 3 aromatic rings. The summed E-state index contributed by atoms with van der Waals surface area (Å²) in [6.07, 6.45) is 1.91. The average molecular weight is 475 g/mol. The minimum Gasteiger partial charge on any atom is -0.469 e. The number of nitriles is 1. The van der Waals surface area contributed by atoms with Gasteiger partial charge in [0.1, 0.15) is 17.1 Å². The Morgan fingerprint density at radius 2 is 2.34 bits per heavy atom. The lowest BCUT2D eigenvalue weighted by atomic mass is 10.0. The van der Waals surface area contributed by atoms with E-state index in [1.807, 2.05) is 24.3 Å². The van der Waals surface area contributed by atoms with E-state index < -0.39 is 0 Å². The fraction of sp³-hybridized carbons (Fsp3) is 0.286. The van der Waals surface area contributed by atoms with E-state index in [2.05, 4.69) is 37.0 Å². The van der Waals surface area contributed by atoms with Gasteiger partial charge in [0.25, 0.3) is 0 Å². The molecule has 0 amide bonds. The van der Waals surface area contributed by atoms with E-state index >= 15 is 0 Å². The van der Waals surface area contributed by atoms with E-state index in [0.717, 1.165) is 28.4 Å². The fourth-order valence-corrected chi connectivity index (χ4v) is 4.29. The number of rotatable bonds is 5. The predicted molar refractivity (Wildman–Crippen MR) is 113 cm³/mol. The van der Waals surface area contributed by atoms with Crippen LogP contribution in [0.15, 0.2) is 33.2 Å². The van der Waals surface area contributed by atoms with Gasteiger partial charge in [0.2, 0.25) is 5.89 Å². The van der Waals surface area contributed by atoms with Gasteiger partial charge in [0.05, 0.1) is 24.1 Å². The zero-order chi connectivity index (χ0) is 20.5. The van der Waals surface area contributed by atoms with Crippen molar-refractivity contribution < 1.29 is 13.9 Å². The standard InChI is InChI=1S/C21H17BrClN3O3/c1-28-18(27)7-8-25-16-6-5-11-13(16)9-17-20(14(11)10-24)29-21(26-17)12-3-2-4-15(22)19(12)23/h2-4,9,16,25H,5-8H2,1H3/t16-/m0/s1. The van der Waals surface area contributed by atoms with Crippen LogP contribution in [0.25, 0.3) is 22.6 Å². The van der Waals surface area contributed by atoms with E-state index in [4.69, 9.17) is 16.0 Å². The van der Waals surface area contributed by atoms with Crippen LogP contribution >= 0.6 is 27.5 Å². The maximum Gasteiger partial charge on any atom is 0.306 e. The molecular weight excluding hydrogens is 458 g/mol. The van der Waals surface area contributed by atoms with Crippen molar-refractivity contribution in [2.45, 2.75) is 25.3 Å². The lowest BCUT2D eigenvalue weighted by Crippen LogP contribution is -2.22. The second-order valence-electron chi connectivity index (χ2n) is 6.77. The predicted octanol–water partition coefficient (Wildman–Crippen LogP) is 4.92. The molecule has 1 aromatic heterocycles. The Morgan fingerprint density at radius 3 is 3.10 bits per heavy atom. The summed E-state index contributed by atoms with van der Waals surface area (Å²) in [5, 5.41) is 13.7. The molecule has 6 nitrogen and oxygen atoms in total. The largest absolute Gasteiger partial charge is 0.469 e. The number of aromatic nitrogens is 1. The summed E-state index contributed by atoms with van der Waals surface area (Å²) in [6, 6.07) is 9.83. The molecule has 1 atom stereocenters. The van der Waals surface area contributed by atoms with Crippen molar-refractivity contribution in [2.24, 2.45) is 0 Å². The van der Waals surface area contributed by atoms with Gasteiger partial charge in [-0.2, -0.15) is 5.26 Å². The van der Waals surface area contributed by atoms with Crippen LogP contribution < -0.4 is 5.32 Å². The molecule has 0 saturated carbocycles. The molecule has 1 aliphatic rings. The number of nitrogens with one attached hydrogen (secondary N) is 1. The second kappa shape index (κ2) is 8.15. The van der Waals surface area contributed by atoms with Gasteiger partial charge >= 0.3 is 5.97 Å². The number of oxazole rings is 1.